The molecule has 9 nitrogen and oxygen atoms in total. The average Bonchev–Trinajstić information content (AvgIpc) is 2.92. The highest BCUT2D eigenvalue weighted by Crippen LogP contribution is 2.34. The fourth-order valence-electron chi connectivity index (χ4n) is 4.99. The SMILES string of the molecule is CCO/C(Nc1cccc(-c2cccc(C)c2OCc2ccc3c(c2)CCN(C2COC2)C3)n1)=C(/C=N)C(=O)O. The lowest BCUT2D eigenvalue weighted by Gasteiger charge is -2.40. The number of aryl methyl sites for hydroxylation is 1. The number of carboxylic acids is 1. The zero-order chi connectivity index (χ0) is 28.1. The first-order chi connectivity index (χ1) is 19.5. The Hall–Kier alpha value is -4.21. The number of fused-ring (bicyclic) bond motifs is 1. The summed E-state index contributed by atoms with van der Waals surface area (Å²) in [7, 11) is 0. The Morgan fingerprint density at radius 3 is 2.75 bits per heavy atom. The van der Waals surface area contributed by atoms with Gasteiger partial charge >= 0.3 is 5.97 Å². The number of carbonyl (C=O) groups is 1. The van der Waals surface area contributed by atoms with Gasteiger partial charge in [0.05, 0.1) is 31.6 Å². The lowest BCUT2D eigenvalue weighted by atomic mass is 9.96. The van der Waals surface area contributed by atoms with Gasteiger partial charge in [0.1, 0.15) is 23.7 Å². The largest absolute Gasteiger partial charge is 0.488 e. The second kappa shape index (κ2) is 12.3. The molecule has 0 amide bonds. The fraction of sp³-hybridized carbons (Fsp3) is 0.323. The van der Waals surface area contributed by atoms with Gasteiger partial charge in [-0.2, -0.15) is 0 Å². The van der Waals surface area contributed by atoms with E-state index in [4.69, 9.17) is 24.6 Å². The minimum atomic E-state index is -1.26. The minimum absolute atomic E-state index is 0.0353. The monoisotopic (exact) mass is 542 g/mol. The first-order valence-electron chi connectivity index (χ1n) is 13.5. The van der Waals surface area contributed by atoms with Gasteiger partial charge < -0.3 is 30.0 Å². The Bertz CT molecular complexity index is 1430. The summed E-state index contributed by atoms with van der Waals surface area (Å²) in [6.07, 6.45) is 1.77. The van der Waals surface area contributed by atoms with Crippen molar-refractivity contribution in [3.63, 3.8) is 0 Å². The highest BCUT2D eigenvalue weighted by atomic mass is 16.5. The van der Waals surface area contributed by atoms with Gasteiger partial charge in [-0.1, -0.05) is 36.4 Å². The van der Waals surface area contributed by atoms with E-state index in [-0.39, 0.29) is 18.1 Å². The van der Waals surface area contributed by atoms with E-state index in [1.807, 2.05) is 37.3 Å². The molecule has 208 valence electrons. The number of benzene rings is 2. The van der Waals surface area contributed by atoms with E-state index >= 15 is 0 Å². The van der Waals surface area contributed by atoms with Gasteiger partial charge in [-0.15, -0.1) is 0 Å². The zero-order valence-corrected chi connectivity index (χ0v) is 22.8. The van der Waals surface area contributed by atoms with Crippen molar-refractivity contribution in [2.45, 2.75) is 39.5 Å². The highest BCUT2D eigenvalue weighted by Gasteiger charge is 2.28. The predicted molar refractivity (Wildman–Crippen MR) is 153 cm³/mol. The van der Waals surface area contributed by atoms with Gasteiger partial charge in [-0.3, -0.25) is 4.90 Å². The smallest absolute Gasteiger partial charge is 0.342 e. The van der Waals surface area contributed by atoms with Crippen molar-refractivity contribution in [2.24, 2.45) is 0 Å². The van der Waals surface area contributed by atoms with Crippen molar-refractivity contribution in [1.82, 2.24) is 9.88 Å². The van der Waals surface area contributed by atoms with Crippen LogP contribution in [0.2, 0.25) is 0 Å². The van der Waals surface area contributed by atoms with Crippen LogP contribution in [0.3, 0.4) is 0 Å². The third kappa shape index (κ3) is 6.00. The number of para-hydroxylation sites is 1. The van der Waals surface area contributed by atoms with Gasteiger partial charge in [0.2, 0.25) is 5.88 Å². The van der Waals surface area contributed by atoms with Gasteiger partial charge in [-0.05, 0) is 60.7 Å². The van der Waals surface area contributed by atoms with Crippen LogP contribution >= 0.6 is 0 Å². The molecule has 0 saturated carbocycles. The van der Waals surface area contributed by atoms with Crippen LogP contribution in [0.25, 0.3) is 11.3 Å². The first-order valence-corrected chi connectivity index (χ1v) is 13.5. The van der Waals surface area contributed by atoms with E-state index in [1.165, 1.54) is 11.1 Å². The number of anilines is 1. The molecule has 5 rings (SSSR count). The molecule has 2 aliphatic rings. The van der Waals surface area contributed by atoms with Gasteiger partial charge in [-0.25, -0.2) is 9.78 Å². The van der Waals surface area contributed by atoms with Crippen LogP contribution in [0.4, 0.5) is 5.82 Å². The van der Waals surface area contributed by atoms with Crippen molar-refractivity contribution in [3.05, 3.63) is 88.3 Å². The highest BCUT2D eigenvalue weighted by molar-refractivity contribution is 6.08. The molecule has 3 aromatic rings. The van der Waals surface area contributed by atoms with E-state index in [1.54, 1.807) is 13.0 Å². The van der Waals surface area contributed by atoms with E-state index < -0.39 is 5.97 Å². The summed E-state index contributed by atoms with van der Waals surface area (Å²) in [6.45, 7) is 8.12. The number of hydrogen-bond acceptors (Lipinski definition) is 8. The van der Waals surface area contributed by atoms with E-state index in [9.17, 15) is 9.90 Å². The van der Waals surface area contributed by atoms with Crippen LogP contribution < -0.4 is 10.1 Å². The molecule has 2 aromatic carbocycles. The minimum Gasteiger partial charge on any atom is -0.488 e. The summed E-state index contributed by atoms with van der Waals surface area (Å²) in [5, 5.41) is 19.8. The molecular formula is C31H34N4O5. The number of nitrogens with one attached hydrogen (secondary N) is 2. The molecule has 9 heteroatoms. The van der Waals surface area contributed by atoms with E-state index in [2.05, 4.69) is 28.4 Å². The Morgan fingerprint density at radius 1 is 1.20 bits per heavy atom. The fourth-order valence-corrected chi connectivity index (χ4v) is 4.99. The van der Waals surface area contributed by atoms with Crippen LogP contribution in [0, 0.1) is 12.3 Å². The Kier molecular flexibility index (Phi) is 8.42. The maximum absolute atomic E-state index is 11.6. The zero-order valence-electron chi connectivity index (χ0n) is 22.8. The maximum Gasteiger partial charge on any atom is 0.342 e. The van der Waals surface area contributed by atoms with Gasteiger partial charge in [0.25, 0.3) is 0 Å². The molecule has 3 heterocycles. The summed E-state index contributed by atoms with van der Waals surface area (Å²) in [6, 6.07) is 18.5. The van der Waals surface area contributed by atoms with Crippen LogP contribution in [0.5, 0.6) is 5.75 Å². The maximum atomic E-state index is 11.6. The molecule has 1 fully saturated rings. The number of rotatable bonds is 11. The lowest BCUT2D eigenvalue weighted by molar-refractivity contribution is -0.132. The summed E-state index contributed by atoms with van der Waals surface area (Å²) in [5.41, 5.74) is 6.07. The van der Waals surface area contributed by atoms with Crippen molar-refractivity contribution in [1.29, 1.82) is 5.41 Å². The molecule has 0 spiro atoms. The van der Waals surface area contributed by atoms with Crippen molar-refractivity contribution < 1.29 is 24.1 Å². The normalized spacial score (nSPS) is 15.8. The summed E-state index contributed by atoms with van der Waals surface area (Å²) < 4.78 is 17.2. The number of hydrogen-bond donors (Lipinski definition) is 3. The van der Waals surface area contributed by atoms with Gasteiger partial charge in [0, 0.05) is 24.9 Å². The average molecular weight is 543 g/mol. The predicted octanol–water partition coefficient (Wildman–Crippen LogP) is 4.79. The molecule has 0 atom stereocenters. The van der Waals surface area contributed by atoms with Crippen molar-refractivity contribution in [3.8, 4) is 17.0 Å². The molecule has 0 aliphatic carbocycles. The number of aliphatic carboxylic acids is 1. The number of pyridine rings is 1. The summed E-state index contributed by atoms with van der Waals surface area (Å²) in [5.74, 6) is -0.158. The standard InChI is InChI=1S/C31H34N4O5/c1-3-39-30(26(15-32)31(36)37)34-28-9-5-8-27(33-28)25-7-4-6-20(2)29(25)40-17-21-10-11-23-16-35(24-18-38-19-24)13-12-22(23)14-21/h4-11,14-15,24,32H,3,12-13,16-19H2,1-2H3,(H,33,34)(H,36,37)/b30-26-,32-15?. The molecule has 0 bridgehead atoms. The molecule has 1 aromatic heterocycles. The molecule has 2 aliphatic heterocycles. The first kappa shape index (κ1) is 27.4. The van der Waals surface area contributed by atoms with Crippen LogP contribution in [0.15, 0.2) is 66.1 Å². The molecule has 0 unspecified atom stereocenters. The second-order valence-corrected chi connectivity index (χ2v) is 9.91. The van der Waals surface area contributed by atoms with Crippen LogP contribution in [-0.2, 0) is 33.8 Å². The molecule has 0 radical (unpaired) electrons. The molecule has 3 N–H and O–H groups in total. The van der Waals surface area contributed by atoms with Crippen LogP contribution in [-0.4, -0.2) is 59.6 Å². The quantitative estimate of drug-likeness (QED) is 0.180. The molecule has 40 heavy (non-hydrogen) atoms. The summed E-state index contributed by atoms with van der Waals surface area (Å²) in [4.78, 5) is 18.8. The van der Waals surface area contributed by atoms with E-state index in [0.717, 1.165) is 61.4 Å². The third-order valence-corrected chi connectivity index (χ3v) is 7.22. The van der Waals surface area contributed by atoms with Crippen molar-refractivity contribution in [2.75, 3.05) is 31.7 Å². The van der Waals surface area contributed by atoms with Gasteiger partial charge in [0.15, 0.2) is 0 Å². The number of nitrogens with zero attached hydrogens (tertiary/aromatic N) is 2. The number of ether oxygens (including phenoxy) is 3. The number of aromatic nitrogens is 1. The van der Waals surface area contributed by atoms with E-state index in [0.29, 0.717) is 24.2 Å². The van der Waals surface area contributed by atoms with Crippen LogP contribution in [0.1, 0.15) is 29.2 Å². The Balaban J connectivity index is 1.34. The number of carboxylic acid groups (broad SMARTS) is 1. The Morgan fingerprint density at radius 2 is 2.02 bits per heavy atom. The Labute approximate surface area is 233 Å². The lowest BCUT2D eigenvalue weighted by Crippen LogP contribution is -2.50. The second-order valence-electron chi connectivity index (χ2n) is 9.91. The third-order valence-electron chi connectivity index (χ3n) is 7.22. The topological polar surface area (TPSA) is 117 Å². The van der Waals surface area contributed by atoms with Crippen molar-refractivity contribution >= 4 is 18.0 Å². The summed E-state index contributed by atoms with van der Waals surface area (Å²) >= 11 is 0. The molecule has 1 saturated heterocycles. The molecular weight excluding hydrogens is 508 g/mol.